The average Bonchev–Trinajstić information content (AvgIpc) is 2.46. The third-order valence-electron chi connectivity index (χ3n) is 3.94. The zero-order valence-electron chi connectivity index (χ0n) is 13.5. The summed E-state index contributed by atoms with van der Waals surface area (Å²) in [5.74, 6) is -1.72. The van der Waals surface area contributed by atoms with Crippen LogP contribution in [0.15, 0.2) is 18.2 Å². The largest absolute Gasteiger partial charge is 0.450 e. The van der Waals surface area contributed by atoms with Gasteiger partial charge in [0.15, 0.2) is 6.29 Å². The van der Waals surface area contributed by atoms with Crippen molar-refractivity contribution in [1.29, 1.82) is 0 Å². The minimum atomic E-state index is -4.82. The first-order chi connectivity index (χ1) is 10.6. The van der Waals surface area contributed by atoms with Crippen molar-refractivity contribution in [2.24, 2.45) is 0 Å². The lowest BCUT2D eigenvalue weighted by Gasteiger charge is -2.32. The Hall–Kier alpha value is -1.40. The first-order valence-electron chi connectivity index (χ1n) is 7.55. The van der Waals surface area contributed by atoms with E-state index < -0.39 is 30.1 Å². The van der Waals surface area contributed by atoms with Crippen molar-refractivity contribution in [3.05, 3.63) is 34.9 Å². The number of benzene rings is 1. The van der Waals surface area contributed by atoms with Gasteiger partial charge in [-0.25, -0.2) is 0 Å². The minimum Gasteiger partial charge on any atom is -0.348 e. The number of carbonyl (C=O) groups is 1. The summed E-state index contributed by atoms with van der Waals surface area (Å²) in [4.78, 5) is 11.4. The predicted molar refractivity (Wildman–Crippen MR) is 79.1 cm³/mol. The molecule has 0 aromatic heterocycles. The van der Waals surface area contributed by atoms with E-state index in [0.717, 1.165) is 12.0 Å². The molecule has 1 fully saturated rings. The van der Waals surface area contributed by atoms with Crippen molar-refractivity contribution >= 4 is 5.78 Å². The summed E-state index contributed by atoms with van der Waals surface area (Å²) in [7, 11) is 0. The maximum Gasteiger partial charge on any atom is 0.450 e. The third kappa shape index (κ3) is 4.32. The van der Waals surface area contributed by atoms with Gasteiger partial charge in [0.1, 0.15) is 0 Å². The number of alkyl halides is 3. The normalized spacial score (nSPS) is 17.3. The van der Waals surface area contributed by atoms with Gasteiger partial charge in [0.25, 0.3) is 0 Å². The first kappa shape index (κ1) is 17.9. The molecule has 1 aromatic carbocycles. The molecule has 1 heterocycles. The standard InChI is InChI=1S/C17H21F3O3/c1-11-5-6-13(12(9-11)15-22-7-4-8-23-15)16(2,3)10-14(21)17(18,19)20/h5-6,9,15H,4,7-8,10H2,1-3H3. The second-order valence-corrected chi connectivity index (χ2v) is 6.50. The van der Waals surface area contributed by atoms with E-state index in [9.17, 15) is 18.0 Å². The molecule has 0 aliphatic carbocycles. The molecule has 0 unspecified atom stereocenters. The molecule has 128 valence electrons. The molecule has 3 nitrogen and oxygen atoms in total. The van der Waals surface area contributed by atoms with Crippen LogP contribution >= 0.6 is 0 Å². The highest BCUT2D eigenvalue weighted by Crippen LogP contribution is 2.37. The zero-order valence-corrected chi connectivity index (χ0v) is 13.5. The molecule has 0 N–H and O–H groups in total. The Morgan fingerprint density at radius 1 is 1.22 bits per heavy atom. The van der Waals surface area contributed by atoms with Crippen molar-refractivity contribution in [1.82, 2.24) is 0 Å². The SMILES string of the molecule is Cc1ccc(C(C)(C)CC(=O)C(F)(F)F)c(C2OCCCO2)c1. The zero-order chi connectivity index (χ0) is 17.3. The minimum absolute atomic E-state index is 0.542. The molecular formula is C17H21F3O3. The number of carbonyl (C=O) groups excluding carboxylic acids is 1. The van der Waals surface area contributed by atoms with Gasteiger partial charge < -0.3 is 9.47 Å². The van der Waals surface area contributed by atoms with E-state index >= 15 is 0 Å². The molecule has 6 heteroatoms. The Balaban J connectivity index is 2.35. The van der Waals surface area contributed by atoms with Gasteiger partial charge in [-0.05, 0) is 24.3 Å². The highest BCUT2D eigenvalue weighted by molar-refractivity contribution is 5.85. The van der Waals surface area contributed by atoms with Crippen LogP contribution in [0.4, 0.5) is 13.2 Å². The van der Waals surface area contributed by atoms with Crippen LogP contribution in [0.1, 0.15) is 49.7 Å². The summed E-state index contributed by atoms with van der Waals surface area (Å²) in [6, 6.07) is 5.43. The topological polar surface area (TPSA) is 35.5 Å². The van der Waals surface area contributed by atoms with Gasteiger partial charge in [-0.1, -0.05) is 37.6 Å². The van der Waals surface area contributed by atoms with Gasteiger partial charge in [-0.2, -0.15) is 13.2 Å². The van der Waals surface area contributed by atoms with Crippen molar-refractivity contribution in [3.63, 3.8) is 0 Å². The average molecular weight is 330 g/mol. The molecule has 0 amide bonds. The van der Waals surface area contributed by atoms with Gasteiger partial charge in [-0.3, -0.25) is 4.79 Å². The Kier molecular flexibility index (Phi) is 5.16. The van der Waals surface area contributed by atoms with Crippen molar-refractivity contribution in [2.75, 3.05) is 13.2 Å². The fourth-order valence-corrected chi connectivity index (χ4v) is 2.76. The smallest absolute Gasteiger partial charge is 0.348 e. The molecule has 1 aliphatic heterocycles. The molecule has 0 radical (unpaired) electrons. The van der Waals surface area contributed by atoms with Crippen molar-refractivity contribution < 1.29 is 27.4 Å². The fourth-order valence-electron chi connectivity index (χ4n) is 2.76. The van der Waals surface area contributed by atoms with Crippen LogP contribution in [0.3, 0.4) is 0 Å². The predicted octanol–water partition coefficient (Wildman–Crippen LogP) is 4.23. The van der Waals surface area contributed by atoms with E-state index in [0.29, 0.717) is 24.3 Å². The monoisotopic (exact) mass is 330 g/mol. The van der Waals surface area contributed by atoms with Gasteiger partial charge in [0.2, 0.25) is 5.78 Å². The van der Waals surface area contributed by atoms with E-state index in [2.05, 4.69) is 0 Å². The summed E-state index contributed by atoms with van der Waals surface area (Å²) >= 11 is 0. The lowest BCUT2D eigenvalue weighted by molar-refractivity contribution is -0.183. The Bertz CT molecular complexity index is 573. The molecular weight excluding hydrogens is 309 g/mol. The Labute approximate surface area is 133 Å². The first-order valence-corrected chi connectivity index (χ1v) is 7.55. The Morgan fingerprint density at radius 2 is 1.83 bits per heavy atom. The van der Waals surface area contributed by atoms with Crippen LogP contribution in [0, 0.1) is 6.92 Å². The molecule has 0 bridgehead atoms. The van der Waals surface area contributed by atoms with E-state index in [1.165, 1.54) is 0 Å². The van der Waals surface area contributed by atoms with Crippen LogP contribution < -0.4 is 0 Å². The summed E-state index contributed by atoms with van der Waals surface area (Å²) in [6.07, 6.45) is -5.24. The number of aryl methyl sites for hydroxylation is 1. The van der Waals surface area contributed by atoms with Crippen molar-refractivity contribution in [2.45, 2.75) is 51.5 Å². The van der Waals surface area contributed by atoms with E-state index in [-0.39, 0.29) is 0 Å². The lowest BCUT2D eigenvalue weighted by atomic mass is 9.77. The molecule has 1 aromatic rings. The third-order valence-corrected chi connectivity index (χ3v) is 3.94. The highest BCUT2D eigenvalue weighted by atomic mass is 19.4. The van der Waals surface area contributed by atoms with E-state index in [1.807, 2.05) is 19.1 Å². The highest BCUT2D eigenvalue weighted by Gasteiger charge is 2.42. The number of ether oxygens (including phenoxy) is 2. The van der Waals surface area contributed by atoms with Gasteiger partial charge in [0.05, 0.1) is 13.2 Å². The fraction of sp³-hybridized carbons (Fsp3) is 0.588. The second-order valence-electron chi connectivity index (χ2n) is 6.50. The number of Topliss-reactive ketones (excluding diaryl/α,β-unsaturated/α-hetero) is 1. The van der Waals surface area contributed by atoms with Crippen LogP contribution in [0.2, 0.25) is 0 Å². The van der Waals surface area contributed by atoms with Crippen LogP contribution in [0.5, 0.6) is 0 Å². The van der Waals surface area contributed by atoms with Crippen molar-refractivity contribution in [3.8, 4) is 0 Å². The summed E-state index contributed by atoms with van der Waals surface area (Å²) in [5, 5.41) is 0. The quantitative estimate of drug-likeness (QED) is 0.829. The van der Waals surface area contributed by atoms with Gasteiger partial charge in [0, 0.05) is 12.0 Å². The van der Waals surface area contributed by atoms with E-state index in [4.69, 9.17) is 9.47 Å². The number of hydrogen-bond acceptors (Lipinski definition) is 3. The Morgan fingerprint density at radius 3 is 2.39 bits per heavy atom. The molecule has 0 spiro atoms. The number of halogens is 3. The van der Waals surface area contributed by atoms with Gasteiger partial charge >= 0.3 is 6.18 Å². The summed E-state index contributed by atoms with van der Waals surface area (Å²) in [5.41, 5.74) is 1.33. The number of hydrogen-bond donors (Lipinski definition) is 0. The molecule has 0 saturated carbocycles. The van der Waals surface area contributed by atoms with Crippen LogP contribution in [-0.2, 0) is 19.7 Å². The van der Waals surface area contributed by atoms with Crippen LogP contribution in [-0.4, -0.2) is 25.2 Å². The van der Waals surface area contributed by atoms with E-state index in [1.54, 1.807) is 19.9 Å². The summed E-state index contributed by atoms with van der Waals surface area (Å²) < 4.78 is 49.0. The molecule has 23 heavy (non-hydrogen) atoms. The molecule has 2 rings (SSSR count). The molecule has 0 atom stereocenters. The summed E-state index contributed by atoms with van der Waals surface area (Å²) in [6.45, 7) is 6.24. The van der Waals surface area contributed by atoms with Crippen LogP contribution in [0.25, 0.3) is 0 Å². The lowest BCUT2D eigenvalue weighted by Crippen LogP contribution is -2.32. The maximum atomic E-state index is 12.6. The maximum absolute atomic E-state index is 12.6. The van der Waals surface area contributed by atoms with Gasteiger partial charge in [-0.15, -0.1) is 0 Å². The number of ketones is 1. The second kappa shape index (κ2) is 6.61. The number of rotatable bonds is 4. The molecule has 1 aliphatic rings. The molecule has 1 saturated heterocycles.